The van der Waals surface area contributed by atoms with E-state index in [1.807, 2.05) is 0 Å². The molecule has 10 rings (SSSR count). The Bertz CT molecular complexity index is 1360. The van der Waals surface area contributed by atoms with Gasteiger partial charge in [-0.25, -0.2) is 0 Å². The molecule has 12 bridgehead atoms. The number of fused-ring (bicyclic) bond motifs is 6. The molecule has 284 valence electrons. The Hall–Kier alpha value is -1.25. The van der Waals surface area contributed by atoms with E-state index >= 15 is 0 Å². The monoisotopic (exact) mass is 713 g/mol. The first kappa shape index (κ1) is 35.5. The van der Waals surface area contributed by atoms with Gasteiger partial charge in [-0.3, -0.25) is 4.79 Å². The minimum absolute atomic E-state index is 0.00127. The van der Waals surface area contributed by atoms with E-state index in [4.69, 9.17) is 43.6 Å². The lowest BCUT2D eigenvalue weighted by Crippen LogP contribution is -2.61. The Morgan fingerprint density at radius 1 is 0.765 bits per heavy atom. The van der Waals surface area contributed by atoms with Gasteiger partial charge in [0.2, 0.25) is 0 Å². The molecule has 0 amide bonds. The largest absolute Gasteiger partial charge is 0.392 e. The van der Waals surface area contributed by atoms with Crippen LogP contribution in [0.5, 0.6) is 0 Å². The summed E-state index contributed by atoms with van der Waals surface area (Å²) < 4.78 is 54.0. The van der Waals surface area contributed by atoms with Crippen molar-refractivity contribution in [3.63, 3.8) is 0 Å². The van der Waals surface area contributed by atoms with Crippen molar-refractivity contribution >= 4 is 5.78 Å². The highest BCUT2D eigenvalue weighted by Crippen LogP contribution is 2.54. The molecule has 0 aromatic rings. The molecule has 51 heavy (non-hydrogen) atoms. The summed E-state index contributed by atoms with van der Waals surface area (Å²) >= 11 is 0. The topological polar surface area (TPSA) is 137 Å². The van der Waals surface area contributed by atoms with Crippen molar-refractivity contribution in [1.29, 1.82) is 0 Å². The third-order valence-electron chi connectivity index (χ3n) is 14.2. The lowest BCUT2D eigenvalue weighted by atomic mass is 9.78. The van der Waals surface area contributed by atoms with E-state index in [0.29, 0.717) is 44.4 Å². The molecule has 0 radical (unpaired) electrons. The number of carbonyl (C=O) groups is 1. The maximum atomic E-state index is 14.0. The van der Waals surface area contributed by atoms with Crippen molar-refractivity contribution in [1.82, 2.24) is 0 Å². The quantitative estimate of drug-likeness (QED) is 0.410. The zero-order valence-corrected chi connectivity index (χ0v) is 30.4. The fraction of sp³-hybridized carbons (Fsp3) is 0.875. The van der Waals surface area contributed by atoms with E-state index in [2.05, 4.69) is 27.0 Å². The van der Waals surface area contributed by atoms with Gasteiger partial charge in [0.25, 0.3) is 0 Å². The van der Waals surface area contributed by atoms with Crippen LogP contribution in [0.15, 0.2) is 24.3 Å². The standard InChI is InChI=1S/C40H59NO10/c1-19-11-25-5-7-29-20(2)12-27(44-29)9-10-40-17-34-36(50-40)37-38(49-34)39(51-40)35-30(48-37)8-6-26(46-35)13-23(42)14-28-22(4)31(15-24(43)18-41)47-33(28)16-32(45-25)21(19)3/h19,22,24-39,43H,2-3,5-18,41H2,1,4H3/t19-,22-,24+,25+,26?,27+,28?,29?,30+,31-,32-,33?,34-,35+,36?,37+,38-,39+,40+/m1/s1. The van der Waals surface area contributed by atoms with Gasteiger partial charge in [0.15, 0.2) is 5.79 Å². The van der Waals surface area contributed by atoms with Crippen LogP contribution in [0, 0.1) is 17.8 Å². The van der Waals surface area contributed by atoms with Crippen molar-refractivity contribution in [3.05, 3.63) is 24.3 Å². The maximum absolute atomic E-state index is 14.0. The Balaban J connectivity index is 0.986. The molecule has 0 aromatic carbocycles. The lowest BCUT2D eigenvalue weighted by Gasteiger charge is -2.47. The van der Waals surface area contributed by atoms with Crippen molar-refractivity contribution in [3.8, 4) is 0 Å². The second-order valence-electron chi connectivity index (χ2n) is 17.6. The zero-order chi connectivity index (χ0) is 35.2. The molecule has 10 saturated heterocycles. The summed E-state index contributed by atoms with van der Waals surface area (Å²) in [6, 6.07) is 0. The van der Waals surface area contributed by atoms with Gasteiger partial charge >= 0.3 is 0 Å². The molecule has 10 heterocycles. The molecule has 10 aliphatic heterocycles. The average Bonchev–Trinajstić information content (AvgIpc) is 3.77. The van der Waals surface area contributed by atoms with E-state index in [9.17, 15) is 9.90 Å². The van der Waals surface area contributed by atoms with E-state index in [0.717, 1.165) is 56.1 Å². The number of hydrogen-bond donors (Lipinski definition) is 2. The normalized spacial score (nSPS) is 53.2. The Labute approximate surface area is 302 Å². The molecular weight excluding hydrogens is 654 g/mol. The van der Waals surface area contributed by atoms with E-state index in [1.54, 1.807) is 0 Å². The van der Waals surface area contributed by atoms with Crippen LogP contribution in [0.4, 0.5) is 0 Å². The first-order valence-electron chi connectivity index (χ1n) is 20.1. The van der Waals surface area contributed by atoms with Crippen LogP contribution in [-0.4, -0.2) is 115 Å². The first-order valence-corrected chi connectivity index (χ1v) is 20.1. The first-order chi connectivity index (χ1) is 24.6. The van der Waals surface area contributed by atoms with Gasteiger partial charge in [-0.05, 0) is 73.8 Å². The minimum Gasteiger partial charge on any atom is -0.392 e. The van der Waals surface area contributed by atoms with Crippen LogP contribution in [0.2, 0.25) is 0 Å². The van der Waals surface area contributed by atoms with Gasteiger partial charge < -0.3 is 48.7 Å². The van der Waals surface area contributed by atoms with Crippen LogP contribution in [0.3, 0.4) is 0 Å². The maximum Gasteiger partial charge on any atom is 0.172 e. The predicted octanol–water partition coefficient (Wildman–Crippen LogP) is 4.06. The zero-order valence-electron chi connectivity index (χ0n) is 30.4. The number of carbonyl (C=O) groups excluding carboxylic acids is 1. The Morgan fingerprint density at radius 3 is 2.35 bits per heavy atom. The summed E-state index contributed by atoms with van der Waals surface area (Å²) in [6.07, 6.45) is 6.43. The van der Waals surface area contributed by atoms with Crippen molar-refractivity contribution in [2.45, 2.75) is 195 Å². The highest BCUT2D eigenvalue weighted by molar-refractivity contribution is 5.79. The SMILES string of the molecule is C=C1C[C@@H]2CC[C@@]34C[C@H]5O[C@H]6[C@@H](O3)[C@H]3OC(CC[C@@H]3O[C@H]6C5O4)CC(=O)CC3C(C[C@H]4O[C@@H](CCC1O2)C[C@@H](C)C4=C)O[C@H](C[C@H](O)CN)[C@@H]3C. The molecule has 11 nitrogen and oxygen atoms in total. The number of aliphatic hydroxyl groups is 1. The molecule has 0 saturated carbocycles. The third-order valence-corrected chi connectivity index (χ3v) is 14.2. The molecule has 0 aromatic heterocycles. The number of ether oxygens (including phenoxy) is 8. The minimum atomic E-state index is -0.765. The van der Waals surface area contributed by atoms with Crippen LogP contribution in [0.25, 0.3) is 0 Å². The molecule has 10 fully saturated rings. The van der Waals surface area contributed by atoms with Crippen LogP contribution < -0.4 is 5.73 Å². The number of nitrogens with two attached hydrogens (primary N) is 1. The Morgan fingerprint density at radius 2 is 1.51 bits per heavy atom. The van der Waals surface area contributed by atoms with Crippen molar-refractivity contribution in [2.75, 3.05) is 6.54 Å². The number of hydrogen-bond acceptors (Lipinski definition) is 11. The molecule has 5 unspecified atom stereocenters. The fourth-order valence-corrected chi connectivity index (χ4v) is 11.3. The summed E-state index contributed by atoms with van der Waals surface area (Å²) in [7, 11) is 0. The van der Waals surface area contributed by atoms with Gasteiger partial charge in [0.05, 0.1) is 61.0 Å². The summed E-state index contributed by atoms with van der Waals surface area (Å²) in [5.74, 6) is -0.222. The molecule has 3 N–H and O–H groups in total. The summed E-state index contributed by atoms with van der Waals surface area (Å²) in [5, 5.41) is 10.5. The van der Waals surface area contributed by atoms with E-state index in [-0.39, 0.29) is 110 Å². The number of aliphatic hydroxyl groups excluding tert-OH is 1. The summed E-state index contributed by atoms with van der Waals surface area (Å²) in [6.45, 7) is 13.5. The van der Waals surface area contributed by atoms with E-state index in [1.165, 1.54) is 0 Å². The molecule has 11 heteroatoms. The fourth-order valence-electron chi connectivity index (χ4n) is 11.3. The Kier molecular flexibility index (Phi) is 9.59. The third kappa shape index (κ3) is 6.53. The smallest absolute Gasteiger partial charge is 0.172 e. The summed E-state index contributed by atoms with van der Waals surface area (Å²) in [4.78, 5) is 14.0. The van der Waals surface area contributed by atoms with Crippen molar-refractivity contribution < 1.29 is 47.8 Å². The molecular formula is C40H59NO10. The number of Topliss-reactive ketones (excluding diaryl/α,β-unsaturated/α-hetero) is 1. The van der Waals surface area contributed by atoms with Gasteiger partial charge in [-0.15, -0.1) is 0 Å². The highest BCUT2D eigenvalue weighted by atomic mass is 16.8. The molecule has 1 spiro atoms. The number of rotatable bonds is 3. The van der Waals surface area contributed by atoms with Gasteiger partial charge in [-0.1, -0.05) is 27.0 Å². The second kappa shape index (κ2) is 13.8. The van der Waals surface area contributed by atoms with Gasteiger partial charge in [0, 0.05) is 45.1 Å². The molecule has 10 aliphatic rings. The second-order valence-corrected chi connectivity index (χ2v) is 17.6. The predicted molar refractivity (Wildman–Crippen MR) is 185 cm³/mol. The lowest BCUT2D eigenvalue weighted by molar-refractivity contribution is -0.292. The number of ketones is 1. The van der Waals surface area contributed by atoms with Gasteiger partial charge in [0.1, 0.15) is 36.3 Å². The average molecular weight is 714 g/mol. The highest BCUT2D eigenvalue weighted by Gasteiger charge is 2.68. The van der Waals surface area contributed by atoms with Crippen LogP contribution in [-0.2, 0) is 42.7 Å². The summed E-state index contributed by atoms with van der Waals surface area (Å²) in [5.41, 5.74) is 8.06. The molecule has 0 aliphatic carbocycles. The van der Waals surface area contributed by atoms with Crippen LogP contribution >= 0.6 is 0 Å². The van der Waals surface area contributed by atoms with Crippen molar-refractivity contribution in [2.24, 2.45) is 23.5 Å². The van der Waals surface area contributed by atoms with Gasteiger partial charge in [-0.2, -0.15) is 0 Å². The van der Waals surface area contributed by atoms with E-state index < -0.39 is 11.9 Å². The van der Waals surface area contributed by atoms with Crippen LogP contribution in [0.1, 0.15) is 97.3 Å². The molecule has 19 atom stereocenters.